The molecule has 162 valence electrons. The third-order valence-electron chi connectivity index (χ3n) is 6.61. The van der Waals surface area contributed by atoms with Crippen molar-refractivity contribution in [1.82, 2.24) is 23.6 Å². The van der Waals surface area contributed by atoms with Crippen molar-refractivity contribution in [2.75, 3.05) is 24.6 Å². The van der Waals surface area contributed by atoms with Gasteiger partial charge in [-0.15, -0.1) is 0 Å². The lowest BCUT2D eigenvalue weighted by Gasteiger charge is -2.33. The number of imidazole rings is 1. The average Bonchev–Trinajstić information content (AvgIpc) is 3.19. The van der Waals surface area contributed by atoms with E-state index in [9.17, 15) is 9.59 Å². The molecule has 2 aliphatic heterocycles. The maximum Gasteiger partial charge on any atom is 0.332 e. The molecule has 0 bridgehead atoms. The molecule has 0 spiro atoms. The predicted molar refractivity (Wildman–Crippen MR) is 121 cm³/mol. The van der Waals surface area contributed by atoms with Gasteiger partial charge in [-0.3, -0.25) is 23.4 Å². The van der Waals surface area contributed by atoms with Crippen LogP contribution in [0.5, 0.6) is 0 Å². The van der Waals surface area contributed by atoms with Crippen LogP contribution < -0.4 is 16.3 Å². The molecule has 31 heavy (non-hydrogen) atoms. The van der Waals surface area contributed by atoms with Crippen LogP contribution in [0, 0.1) is 0 Å². The Bertz CT molecular complexity index is 1330. The van der Waals surface area contributed by atoms with Gasteiger partial charge >= 0.3 is 5.69 Å². The van der Waals surface area contributed by atoms with Crippen molar-refractivity contribution < 1.29 is 0 Å². The molecule has 5 rings (SSSR count). The van der Waals surface area contributed by atoms with Gasteiger partial charge < -0.3 is 0 Å². The summed E-state index contributed by atoms with van der Waals surface area (Å²) in [5.74, 6) is 0.615. The lowest BCUT2D eigenvalue weighted by atomic mass is 10.00. The van der Waals surface area contributed by atoms with Crippen LogP contribution in [0.25, 0.3) is 11.2 Å². The van der Waals surface area contributed by atoms with E-state index in [1.54, 1.807) is 7.05 Å². The topological polar surface area (TPSA) is 80.7 Å². The second-order valence-corrected chi connectivity index (χ2v) is 8.50. The average molecular weight is 422 g/mol. The van der Waals surface area contributed by atoms with E-state index in [4.69, 9.17) is 10.1 Å². The standard InChI is InChI=1S/C22H27N7O2/c1-14-15(2)29-18-19(25(3)22(31)26(4)20(18)30)23-21(29)28(24-14)12-11-27-10-9-16-7-5-6-8-17(16)13-27/h5-8,15H,9-13H2,1-4H3. The fourth-order valence-electron chi connectivity index (χ4n) is 4.59. The van der Waals surface area contributed by atoms with Gasteiger partial charge in [0.25, 0.3) is 5.56 Å². The first kappa shape index (κ1) is 19.7. The summed E-state index contributed by atoms with van der Waals surface area (Å²) in [4.78, 5) is 32.5. The molecule has 0 N–H and O–H groups in total. The summed E-state index contributed by atoms with van der Waals surface area (Å²) in [5, 5.41) is 6.65. The number of fused-ring (bicyclic) bond motifs is 4. The molecule has 3 aromatic rings. The van der Waals surface area contributed by atoms with E-state index in [2.05, 4.69) is 29.2 Å². The smallest absolute Gasteiger partial charge is 0.297 e. The van der Waals surface area contributed by atoms with E-state index >= 15 is 0 Å². The zero-order valence-electron chi connectivity index (χ0n) is 18.4. The molecule has 0 amide bonds. The minimum Gasteiger partial charge on any atom is -0.297 e. The van der Waals surface area contributed by atoms with E-state index in [0.717, 1.165) is 36.3 Å². The fourth-order valence-corrected chi connectivity index (χ4v) is 4.59. The van der Waals surface area contributed by atoms with Crippen molar-refractivity contribution in [3.63, 3.8) is 0 Å². The van der Waals surface area contributed by atoms with Crippen LogP contribution in [0.4, 0.5) is 5.95 Å². The maximum atomic E-state index is 12.9. The zero-order valence-corrected chi connectivity index (χ0v) is 18.4. The first-order valence-electron chi connectivity index (χ1n) is 10.7. The third kappa shape index (κ3) is 3.03. The molecule has 4 heterocycles. The number of hydrogen-bond acceptors (Lipinski definition) is 6. The minimum atomic E-state index is -0.378. The van der Waals surface area contributed by atoms with Crippen LogP contribution in [0.3, 0.4) is 0 Å². The van der Waals surface area contributed by atoms with Gasteiger partial charge in [0.15, 0.2) is 11.2 Å². The summed E-state index contributed by atoms with van der Waals surface area (Å²) in [6.45, 7) is 7.40. The number of aryl methyl sites for hydroxylation is 1. The van der Waals surface area contributed by atoms with Crippen molar-refractivity contribution in [2.45, 2.75) is 32.9 Å². The van der Waals surface area contributed by atoms with Crippen LogP contribution >= 0.6 is 0 Å². The quantitative estimate of drug-likeness (QED) is 0.636. The van der Waals surface area contributed by atoms with Crippen molar-refractivity contribution in [1.29, 1.82) is 0 Å². The molecule has 0 aliphatic carbocycles. The number of hydrazone groups is 1. The highest BCUT2D eigenvalue weighted by atomic mass is 16.2. The molecule has 0 saturated heterocycles. The molecule has 9 heteroatoms. The molecule has 0 fully saturated rings. The highest BCUT2D eigenvalue weighted by molar-refractivity contribution is 5.91. The summed E-state index contributed by atoms with van der Waals surface area (Å²) in [7, 11) is 3.15. The van der Waals surface area contributed by atoms with E-state index in [-0.39, 0.29) is 17.3 Å². The molecule has 0 saturated carbocycles. The fraction of sp³-hybridized carbons (Fsp3) is 0.455. The first-order chi connectivity index (χ1) is 14.9. The molecule has 9 nitrogen and oxygen atoms in total. The highest BCUT2D eigenvalue weighted by Crippen LogP contribution is 2.29. The van der Waals surface area contributed by atoms with Crippen molar-refractivity contribution in [2.24, 2.45) is 19.2 Å². The van der Waals surface area contributed by atoms with Crippen LogP contribution in [0.2, 0.25) is 0 Å². The largest absolute Gasteiger partial charge is 0.332 e. The molecule has 1 atom stereocenters. The van der Waals surface area contributed by atoms with Gasteiger partial charge in [-0.25, -0.2) is 9.80 Å². The summed E-state index contributed by atoms with van der Waals surface area (Å²) in [6.07, 6.45) is 1.05. The van der Waals surface area contributed by atoms with Gasteiger partial charge in [-0.1, -0.05) is 24.3 Å². The Hall–Kier alpha value is -3.20. The summed E-state index contributed by atoms with van der Waals surface area (Å²) < 4.78 is 4.50. The Morgan fingerprint density at radius 2 is 1.81 bits per heavy atom. The lowest BCUT2D eigenvalue weighted by Crippen LogP contribution is -2.40. The second kappa shape index (κ2) is 7.19. The SMILES string of the molecule is CC1=NN(CCN2CCc3ccccc3C2)c2nc3c(c(=O)n(C)c(=O)n3C)n2C1C. The van der Waals surface area contributed by atoms with E-state index < -0.39 is 0 Å². The van der Waals surface area contributed by atoms with Gasteiger partial charge in [-0.05, 0) is 31.4 Å². The lowest BCUT2D eigenvalue weighted by molar-refractivity contribution is 0.258. The number of nitrogens with zero attached hydrogens (tertiary/aromatic N) is 7. The Morgan fingerprint density at radius 3 is 2.58 bits per heavy atom. The van der Waals surface area contributed by atoms with Crippen molar-refractivity contribution in [3.8, 4) is 0 Å². The third-order valence-corrected chi connectivity index (χ3v) is 6.61. The summed E-state index contributed by atoms with van der Waals surface area (Å²) in [5.41, 5.74) is 3.86. The van der Waals surface area contributed by atoms with E-state index in [1.165, 1.54) is 22.7 Å². The maximum absolute atomic E-state index is 12.9. The Kier molecular flexibility index (Phi) is 4.58. The number of anilines is 1. The normalized spacial score (nSPS) is 18.8. The molecule has 2 aromatic heterocycles. The van der Waals surface area contributed by atoms with E-state index in [1.807, 2.05) is 23.4 Å². The molecule has 1 aromatic carbocycles. The number of benzene rings is 1. The van der Waals surface area contributed by atoms with Crippen LogP contribution in [0.15, 0.2) is 39.0 Å². The minimum absolute atomic E-state index is 0.108. The zero-order chi connectivity index (χ0) is 21.9. The molecular weight excluding hydrogens is 394 g/mol. The predicted octanol–water partition coefficient (Wildman–Crippen LogP) is 1.25. The Labute approximate surface area is 179 Å². The van der Waals surface area contributed by atoms with Crippen molar-refractivity contribution >= 4 is 22.8 Å². The van der Waals surface area contributed by atoms with Crippen molar-refractivity contribution in [3.05, 3.63) is 56.2 Å². The molecular formula is C22H27N7O2. The van der Waals surface area contributed by atoms with Crippen LogP contribution in [-0.2, 0) is 27.1 Å². The van der Waals surface area contributed by atoms with Crippen LogP contribution in [-0.4, -0.2) is 48.9 Å². The van der Waals surface area contributed by atoms with E-state index in [0.29, 0.717) is 23.7 Å². The monoisotopic (exact) mass is 421 g/mol. The summed E-state index contributed by atoms with van der Waals surface area (Å²) in [6, 6.07) is 8.49. The van der Waals surface area contributed by atoms with Gasteiger partial charge in [0.2, 0.25) is 5.95 Å². The number of aromatic nitrogens is 4. The number of rotatable bonds is 3. The number of hydrogen-bond donors (Lipinski definition) is 0. The first-order valence-corrected chi connectivity index (χ1v) is 10.7. The highest BCUT2D eigenvalue weighted by Gasteiger charge is 2.30. The molecule has 0 radical (unpaired) electrons. The second-order valence-electron chi connectivity index (χ2n) is 8.50. The Balaban J connectivity index is 1.49. The van der Waals surface area contributed by atoms with Gasteiger partial charge in [0, 0.05) is 33.7 Å². The van der Waals surface area contributed by atoms with Gasteiger partial charge in [0.05, 0.1) is 18.3 Å². The van der Waals surface area contributed by atoms with Gasteiger partial charge in [0.1, 0.15) is 0 Å². The molecule has 1 unspecified atom stereocenters. The molecule has 2 aliphatic rings. The van der Waals surface area contributed by atoms with Crippen LogP contribution in [0.1, 0.15) is 31.0 Å². The summed E-state index contributed by atoms with van der Waals surface area (Å²) >= 11 is 0. The Morgan fingerprint density at radius 1 is 1.06 bits per heavy atom. The van der Waals surface area contributed by atoms with Gasteiger partial charge in [-0.2, -0.15) is 10.1 Å².